The second-order valence-electron chi connectivity index (χ2n) is 8.38. The topological polar surface area (TPSA) is 120 Å². The van der Waals surface area contributed by atoms with Gasteiger partial charge in [-0.15, -0.1) is 0 Å². The average molecular weight is 548 g/mol. The molecule has 196 valence electrons. The number of halogens is 5. The van der Waals surface area contributed by atoms with Gasteiger partial charge < -0.3 is 11.1 Å². The summed E-state index contributed by atoms with van der Waals surface area (Å²) in [7, 11) is 0. The number of alkyl halides is 3. The molecule has 0 spiro atoms. The van der Waals surface area contributed by atoms with Gasteiger partial charge in [0.2, 0.25) is 5.91 Å². The van der Waals surface area contributed by atoms with Crippen molar-refractivity contribution in [2.45, 2.75) is 26.6 Å². The monoisotopic (exact) mass is 547 g/mol. The molecule has 4 rings (SSSR count). The number of Topliss-reactive ketones (excluding diaryl/α,β-unsaturated/α-hetero) is 1. The Morgan fingerprint density at radius 1 is 1.13 bits per heavy atom. The average Bonchev–Trinajstić information content (AvgIpc) is 3.14. The Morgan fingerprint density at radius 2 is 1.84 bits per heavy atom. The first kappa shape index (κ1) is 26.7. The van der Waals surface area contributed by atoms with Gasteiger partial charge in [0.15, 0.2) is 11.5 Å². The maximum atomic E-state index is 14.0. The second-order valence-corrected chi connectivity index (χ2v) is 8.79. The van der Waals surface area contributed by atoms with Crippen LogP contribution < -0.4 is 11.1 Å². The Morgan fingerprint density at radius 3 is 2.47 bits per heavy atom. The highest BCUT2D eigenvalue weighted by atomic mass is 35.5. The molecule has 2 amide bonds. The summed E-state index contributed by atoms with van der Waals surface area (Å²) in [6.45, 7) is 2.57. The van der Waals surface area contributed by atoms with Gasteiger partial charge in [-0.2, -0.15) is 18.3 Å². The van der Waals surface area contributed by atoms with Crippen molar-refractivity contribution in [3.63, 3.8) is 0 Å². The molecule has 2 aromatic carbocycles. The Balaban J connectivity index is 1.75. The van der Waals surface area contributed by atoms with Gasteiger partial charge in [0, 0.05) is 17.0 Å². The van der Waals surface area contributed by atoms with Crippen molar-refractivity contribution in [1.29, 1.82) is 0 Å². The zero-order chi connectivity index (χ0) is 27.9. The van der Waals surface area contributed by atoms with Crippen molar-refractivity contribution in [3.05, 3.63) is 87.1 Å². The number of pyridine rings is 1. The predicted molar refractivity (Wildman–Crippen MR) is 131 cm³/mol. The van der Waals surface area contributed by atoms with E-state index in [1.165, 1.54) is 19.9 Å². The third kappa shape index (κ3) is 5.21. The quantitative estimate of drug-likeness (QED) is 0.255. The molecule has 0 fully saturated rings. The summed E-state index contributed by atoms with van der Waals surface area (Å²) in [4.78, 5) is 40.6. The fourth-order valence-electron chi connectivity index (χ4n) is 3.83. The fraction of sp³-hybridized carbons (Fsp3) is 0.160. The smallest absolute Gasteiger partial charge is 0.366 e. The number of nitrogens with one attached hydrogen (secondary N) is 1. The number of nitrogens with zero attached hydrogens (tertiary/aromatic N) is 3. The first-order valence-corrected chi connectivity index (χ1v) is 11.3. The van der Waals surface area contributed by atoms with Gasteiger partial charge in [0.05, 0.1) is 34.0 Å². The summed E-state index contributed by atoms with van der Waals surface area (Å²) < 4.78 is 56.6. The van der Waals surface area contributed by atoms with Crippen molar-refractivity contribution < 1.29 is 31.9 Å². The Labute approximate surface area is 217 Å². The number of carbonyl (C=O) groups is 3. The van der Waals surface area contributed by atoms with Crippen LogP contribution >= 0.6 is 11.6 Å². The van der Waals surface area contributed by atoms with Gasteiger partial charge in [-0.05, 0) is 37.6 Å². The normalized spacial score (nSPS) is 11.6. The number of carbonyl (C=O) groups excluding carboxylic acids is 3. The van der Waals surface area contributed by atoms with Gasteiger partial charge in [0.25, 0.3) is 5.91 Å². The number of fused-ring (bicyclic) bond motifs is 1. The van der Waals surface area contributed by atoms with Gasteiger partial charge in [-0.3, -0.25) is 19.1 Å². The summed E-state index contributed by atoms with van der Waals surface area (Å²) in [6.07, 6.45) is -4.94. The largest absolute Gasteiger partial charge is 0.437 e. The van der Waals surface area contributed by atoms with E-state index in [1.807, 2.05) is 0 Å². The second kappa shape index (κ2) is 9.86. The van der Waals surface area contributed by atoms with Crippen molar-refractivity contribution in [1.82, 2.24) is 14.8 Å². The first-order valence-electron chi connectivity index (χ1n) is 10.9. The van der Waals surface area contributed by atoms with Crippen molar-refractivity contribution in [3.8, 4) is 0 Å². The van der Waals surface area contributed by atoms with Crippen LogP contribution in [0.1, 0.15) is 55.1 Å². The highest BCUT2D eigenvalue weighted by molar-refractivity contribution is 6.31. The van der Waals surface area contributed by atoms with Gasteiger partial charge in [-0.1, -0.05) is 29.8 Å². The molecule has 0 saturated heterocycles. The van der Waals surface area contributed by atoms with Gasteiger partial charge in [-0.25, -0.2) is 9.37 Å². The summed E-state index contributed by atoms with van der Waals surface area (Å²) in [5.41, 5.74) is 3.39. The number of rotatable bonds is 6. The molecule has 8 nitrogen and oxygen atoms in total. The lowest BCUT2D eigenvalue weighted by molar-refractivity contribution is -0.140. The molecule has 0 radical (unpaired) electrons. The van der Waals surface area contributed by atoms with E-state index in [0.29, 0.717) is 11.1 Å². The minimum Gasteiger partial charge on any atom is -0.366 e. The lowest BCUT2D eigenvalue weighted by Crippen LogP contribution is -2.20. The lowest BCUT2D eigenvalue weighted by Gasteiger charge is -2.11. The summed E-state index contributed by atoms with van der Waals surface area (Å²) in [5, 5.41) is 5.56. The molecule has 0 atom stereocenters. The molecule has 0 aliphatic rings. The SMILES string of the molecule is CC(=O)c1cccc(Cn2nc(C(F)(F)F)c(NC(=O)c3cc(C(N)=O)c4cc(Cl)c(F)cc4n3)c2C)c1. The van der Waals surface area contributed by atoms with E-state index in [1.54, 1.807) is 18.2 Å². The van der Waals surface area contributed by atoms with Crippen LogP contribution in [-0.2, 0) is 12.7 Å². The molecule has 13 heteroatoms. The highest BCUT2D eigenvalue weighted by Gasteiger charge is 2.39. The van der Waals surface area contributed by atoms with E-state index in [2.05, 4.69) is 15.4 Å². The van der Waals surface area contributed by atoms with Crippen LogP contribution in [-0.4, -0.2) is 32.4 Å². The molecule has 0 saturated carbocycles. The number of hydrogen-bond acceptors (Lipinski definition) is 5. The van der Waals surface area contributed by atoms with E-state index in [0.717, 1.165) is 22.9 Å². The molecule has 2 heterocycles. The minimum atomic E-state index is -4.94. The standard InChI is InChI=1S/C25H18ClF4N5O3/c1-11-21(22(25(28,29)30)34-35(11)10-13-4-3-5-14(6-13)12(2)36)33-24(38)20-8-16(23(31)37)15-7-17(26)18(27)9-19(15)32-20/h3-9H,10H2,1-2H3,(H2,31,37)(H,33,38). The van der Waals surface area contributed by atoms with E-state index in [9.17, 15) is 31.9 Å². The number of benzene rings is 2. The number of nitrogens with two attached hydrogens (primary N) is 1. The first-order chi connectivity index (χ1) is 17.8. The van der Waals surface area contributed by atoms with Crippen molar-refractivity contribution >= 4 is 45.8 Å². The van der Waals surface area contributed by atoms with Crippen LogP contribution in [0.3, 0.4) is 0 Å². The number of ketones is 1. The minimum absolute atomic E-state index is 0.0346. The van der Waals surface area contributed by atoms with E-state index in [-0.39, 0.29) is 39.5 Å². The summed E-state index contributed by atoms with van der Waals surface area (Å²) >= 11 is 5.77. The summed E-state index contributed by atoms with van der Waals surface area (Å²) in [5.74, 6) is -3.20. The summed E-state index contributed by atoms with van der Waals surface area (Å²) in [6, 6.07) is 9.29. The zero-order valence-electron chi connectivity index (χ0n) is 19.8. The van der Waals surface area contributed by atoms with E-state index in [4.69, 9.17) is 17.3 Å². The molecule has 2 aromatic heterocycles. The third-order valence-electron chi connectivity index (χ3n) is 5.73. The highest BCUT2D eigenvalue weighted by Crippen LogP contribution is 2.36. The predicted octanol–water partition coefficient (Wildman–Crippen LogP) is 5.15. The number of anilines is 1. The van der Waals surface area contributed by atoms with Crippen LogP contribution in [0.15, 0.2) is 42.5 Å². The lowest BCUT2D eigenvalue weighted by atomic mass is 10.1. The molecule has 0 aliphatic carbocycles. The van der Waals surface area contributed by atoms with Crippen LogP contribution in [0.25, 0.3) is 10.9 Å². The Bertz CT molecular complexity index is 1630. The molecular formula is C25H18ClF4N5O3. The Kier molecular flexibility index (Phi) is 6.94. The molecule has 0 aliphatic heterocycles. The van der Waals surface area contributed by atoms with Gasteiger partial charge in [0.1, 0.15) is 11.5 Å². The molecule has 0 unspecified atom stereocenters. The van der Waals surface area contributed by atoms with Crippen LogP contribution in [0.4, 0.5) is 23.2 Å². The maximum absolute atomic E-state index is 14.0. The molecule has 0 bridgehead atoms. The van der Waals surface area contributed by atoms with Crippen LogP contribution in [0.5, 0.6) is 0 Å². The molecule has 4 aromatic rings. The van der Waals surface area contributed by atoms with Crippen LogP contribution in [0.2, 0.25) is 5.02 Å². The Hall–Kier alpha value is -4.32. The van der Waals surface area contributed by atoms with Gasteiger partial charge >= 0.3 is 6.18 Å². The number of aromatic nitrogens is 3. The molecular weight excluding hydrogens is 530 g/mol. The molecule has 3 N–H and O–H groups in total. The van der Waals surface area contributed by atoms with E-state index >= 15 is 0 Å². The molecule has 38 heavy (non-hydrogen) atoms. The number of hydrogen-bond donors (Lipinski definition) is 2. The number of amides is 2. The fourth-order valence-corrected chi connectivity index (χ4v) is 3.99. The van der Waals surface area contributed by atoms with E-state index < -0.39 is 40.9 Å². The van der Waals surface area contributed by atoms with Crippen molar-refractivity contribution in [2.24, 2.45) is 5.73 Å². The third-order valence-corrected chi connectivity index (χ3v) is 6.02. The van der Waals surface area contributed by atoms with Crippen molar-refractivity contribution in [2.75, 3.05) is 5.32 Å². The number of primary amides is 1. The zero-order valence-corrected chi connectivity index (χ0v) is 20.5. The maximum Gasteiger partial charge on any atom is 0.437 e. The van der Waals surface area contributed by atoms with Crippen LogP contribution in [0, 0.1) is 12.7 Å².